The number of methoxy groups -OCH3 is 2. The first kappa shape index (κ1) is 19.3. The number of halogens is 1. The lowest BCUT2D eigenvalue weighted by Gasteiger charge is -2.16. The SMILES string of the molecule is COc1ccc(-c2noc(C3CC(=O)N(Cc4ccc(Cl)cc4)C3)n2)cc1OC. The highest BCUT2D eigenvalue weighted by Crippen LogP contribution is 2.33. The number of carbonyl (C=O) groups excluding carboxylic acids is 1. The fourth-order valence-corrected chi connectivity index (χ4v) is 3.52. The highest BCUT2D eigenvalue weighted by atomic mass is 35.5. The number of amides is 1. The van der Waals surface area contributed by atoms with Gasteiger partial charge in [-0.05, 0) is 35.9 Å². The largest absolute Gasteiger partial charge is 0.493 e. The molecule has 8 heteroatoms. The highest BCUT2D eigenvalue weighted by Gasteiger charge is 2.34. The normalized spacial score (nSPS) is 16.3. The number of carbonyl (C=O) groups is 1. The van der Waals surface area contributed by atoms with Crippen molar-refractivity contribution in [1.29, 1.82) is 0 Å². The van der Waals surface area contributed by atoms with Crippen molar-refractivity contribution in [2.45, 2.75) is 18.9 Å². The predicted octanol–water partition coefficient (Wildman–Crippen LogP) is 3.92. The first-order valence-corrected chi connectivity index (χ1v) is 9.53. The number of benzene rings is 2. The van der Waals surface area contributed by atoms with Gasteiger partial charge in [0.2, 0.25) is 17.6 Å². The Kier molecular flexibility index (Phi) is 5.40. The van der Waals surface area contributed by atoms with E-state index in [4.69, 9.17) is 25.6 Å². The van der Waals surface area contributed by atoms with Crippen molar-refractivity contribution in [2.24, 2.45) is 0 Å². The van der Waals surface area contributed by atoms with Crippen LogP contribution in [0, 0.1) is 0 Å². The van der Waals surface area contributed by atoms with Crippen molar-refractivity contribution in [3.63, 3.8) is 0 Å². The summed E-state index contributed by atoms with van der Waals surface area (Å²) in [5, 5.41) is 4.75. The summed E-state index contributed by atoms with van der Waals surface area (Å²) in [7, 11) is 3.15. The number of aromatic nitrogens is 2. The van der Waals surface area contributed by atoms with E-state index < -0.39 is 0 Å². The van der Waals surface area contributed by atoms with Gasteiger partial charge < -0.3 is 18.9 Å². The number of ether oxygens (including phenoxy) is 2. The zero-order valence-electron chi connectivity index (χ0n) is 16.1. The van der Waals surface area contributed by atoms with Crippen molar-refractivity contribution < 1.29 is 18.8 Å². The van der Waals surface area contributed by atoms with Crippen molar-refractivity contribution >= 4 is 17.5 Å². The summed E-state index contributed by atoms with van der Waals surface area (Å²) in [4.78, 5) is 18.7. The van der Waals surface area contributed by atoms with Gasteiger partial charge in [0.05, 0.1) is 20.1 Å². The molecule has 0 N–H and O–H groups in total. The Hall–Kier alpha value is -3.06. The summed E-state index contributed by atoms with van der Waals surface area (Å²) in [6.07, 6.45) is 0.348. The number of nitrogens with zero attached hydrogens (tertiary/aromatic N) is 3. The van der Waals surface area contributed by atoms with Gasteiger partial charge in [0, 0.05) is 30.1 Å². The van der Waals surface area contributed by atoms with Gasteiger partial charge in [0.15, 0.2) is 11.5 Å². The average Bonchev–Trinajstić information content (AvgIpc) is 3.36. The van der Waals surface area contributed by atoms with Crippen LogP contribution in [0.2, 0.25) is 5.02 Å². The van der Waals surface area contributed by atoms with Crippen LogP contribution in [0.25, 0.3) is 11.4 Å². The van der Waals surface area contributed by atoms with Crippen molar-refractivity contribution in [2.75, 3.05) is 20.8 Å². The van der Waals surface area contributed by atoms with Gasteiger partial charge in [0.1, 0.15) is 0 Å². The number of rotatable bonds is 6. The van der Waals surface area contributed by atoms with Crippen LogP contribution in [0.15, 0.2) is 47.0 Å². The van der Waals surface area contributed by atoms with Gasteiger partial charge in [-0.3, -0.25) is 4.79 Å². The van der Waals surface area contributed by atoms with Gasteiger partial charge in [-0.2, -0.15) is 4.98 Å². The third-order valence-corrected chi connectivity index (χ3v) is 5.19. The lowest BCUT2D eigenvalue weighted by atomic mass is 10.1. The molecule has 1 aromatic heterocycles. The molecule has 0 radical (unpaired) electrons. The van der Waals surface area contributed by atoms with Gasteiger partial charge in [0.25, 0.3) is 0 Å². The van der Waals surface area contributed by atoms with Crippen LogP contribution in [0.1, 0.15) is 23.8 Å². The maximum Gasteiger partial charge on any atom is 0.232 e. The molecule has 0 saturated carbocycles. The molecule has 1 atom stereocenters. The van der Waals surface area contributed by atoms with E-state index >= 15 is 0 Å². The summed E-state index contributed by atoms with van der Waals surface area (Å²) < 4.78 is 16.0. The number of hydrogen-bond donors (Lipinski definition) is 0. The molecule has 0 aliphatic carbocycles. The van der Waals surface area contributed by atoms with E-state index in [9.17, 15) is 4.79 Å². The van der Waals surface area contributed by atoms with Gasteiger partial charge in [-0.25, -0.2) is 0 Å². The fraction of sp³-hybridized carbons (Fsp3) is 0.286. The van der Waals surface area contributed by atoms with Crippen molar-refractivity contribution in [3.05, 3.63) is 58.9 Å². The first-order chi connectivity index (χ1) is 14.1. The molecule has 1 aliphatic rings. The average molecular weight is 414 g/mol. The zero-order chi connectivity index (χ0) is 20.4. The highest BCUT2D eigenvalue weighted by molar-refractivity contribution is 6.30. The fourth-order valence-electron chi connectivity index (χ4n) is 3.39. The lowest BCUT2D eigenvalue weighted by molar-refractivity contribution is -0.128. The minimum Gasteiger partial charge on any atom is -0.493 e. The van der Waals surface area contributed by atoms with Crippen LogP contribution in [-0.4, -0.2) is 41.7 Å². The molecule has 2 aromatic carbocycles. The van der Waals surface area contributed by atoms with Crippen LogP contribution < -0.4 is 9.47 Å². The van der Waals surface area contributed by atoms with Crippen LogP contribution >= 0.6 is 11.6 Å². The van der Waals surface area contributed by atoms with E-state index in [1.807, 2.05) is 30.3 Å². The summed E-state index contributed by atoms with van der Waals surface area (Å²) >= 11 is 5.93. The molecule has 1 amide bonds. The number of hydrogen-bond acceptors (Lipinski definition) is 6. The Labute approximate surface area is 173 Å². The Morgan fingerprint density at radius 3 is 2.62 bits per heavy atom. The third kappa shape index (κ3) is 4.05. The Morgan fingerprint density at radius 2 is 1.90 bits per heavy atom. The van der Waals surface area contributed by atoms with Gasteiger partial charge in [-0.15, -0.1) is 0 Å². The minimum absolute atomic E-state index is 0.0656. The van der Waals surface area contributed by atoms with Crippen LogP contribution in [0.5, 0.6) is 11.5 Å². The Bertz CT molecular complexity index is 1020. The van der Waals surface area contributed by atoms with E-state index in [-0.39, 0.29) is 11.8 Å². The molecule has 3 aromatic rings. The van der Waals surface area contributed by atoms with Crippen LogP contribution in [-0.2, 0) is 11.3 Å². The zero-order valence-corrected chi connectivity index (χ0v) is 16.8. The van der Waals surface area contributed by atoms with Crippen LogP contribution in [0.3, 0.4) is 0 Å². The third-order valence-electron chi connectivity index (χ3n) is 4.93. The molecule has 150 valence electrons. The first-order valence-electron chi connectivity index (χ1n) is 9.15. The monoisotopic (exact) mass is 413 g/mol. The topological polar surface area (TPSA) is 77.7 Å². The molecule has 7 nitrogen and oxygen atoms in total. The standard InChI is InChI=1S/C21H20ClN3O4/c1-27-17-8-5-14(9-18(17)28-2)20-23-21(29-24-20)15-10-19(26)25(12-15)11-13-3-6-16(22)7-4-13/h3-9,15H,10-12H2,1-2H3. The second-order valence-electron chi connectivity index (χ2n) is 6.83. The Balaban J connectivity index is 1.48. The van der Waals surface area contributed by atoms with E-state index in [1.165, 1.54) is 0 Å². The molecule has 1 aliphatic heterocycles. The molecular weight excluding hydrogens is 394 g/mol. The lowest BCUT2D eigenvalue weighted by Crippen LogP contribution is -2.24. The van der Waals surface area contributed by atoms with Crippen molar-refractivity contribution in [3.8, 4) is 22.9 Å². The maximum absolute atomic E-state index is 12.4. The van der Waals surface area contributed by atoms with Gasteiger partial charge in [-0.1, -0.05) is 28.9 Å². The summed E-state index contributed by atoms with van der Waals surface area (Å²) in [5.41, 5.74) is 1.78. The smallest absolute Gasteiger partial charge is 0.232 e. The molecule has 29 heavy (non-hydrogen) atoms. The summed E-state index contributed by atoms with van der Waals surface area (Å²) in [6.45, 7) is 1.07. The summed E-state index contributed by atoms with van der Waals surface area (Å²) in [5.74, 6) is 2.05. The van der Waals surface area contributed by atoms with E-state index in [2.05, 4.69) is 10.1 Å². The van der Waals surface area contributed by atoms with Crippen LogP contribution in [0.4, 0.5) is 0 Å². The van der Waals surface area contributed by atoms with Crippen molar-refractivity contribution in [1.82, 2.24) is 15.0 Å². The molecule has 1 saturated heterocycles. The Morgan fingerprint density at radius 1 is 1.14 bits per heavy atom. The molecule has 1 fully saturated rings. The molecular formula is C21H20ClN3O4. The molecule has 2 heterocycles. The summed E-state index contributed by atoms with van der Waals surface area (Å²) in [6, 6.07) is 12.9. The maximum atomic E-state index is 12.4. The number of likely N-dealkylation sites (tertiary alicyclic amines) is 1. The van der Waals surface area contributed by atoms with E-state index in [1.54, 1.807) is 31.3 Å². The second kappa shape index (κ2) is 8.13. The van der Waals surface area contributed by atoms with E-state index in [0.29, 0.717) is 47.7 Å². The quantitative estimate of drug-likeness (QED) is 0.609. The predicted molar refractivity (Wildman–Crippen MR) is 107 cm³/mol. The van der Waals surface area contributed by atoms with Gasteiger partial charge >= 0.3 is 0 Å². The molecule has 0 bridgehead atoms. The van der Waals surface area contributed by atoms with E-state index in [0.717, 1.165) is 11.1 Å². The molecule has 0 spiro atoms. The minimum atomic E-state index is -0.129. The second-order valence-corrected chi connectivity index (χ2v) is 7.26. The molecule has 4 rings (SSSR count). The molecule has 1 unspecified atom stereocenters.